The molecular weight excluding hydrogens is 262 g/mol. The fraction of sp³-hybridized carbons (Fsp3) is 0.500. The third-order valence-electron chi connectivity index (χ3n) is 3.46. The van der Waals surface area contributed by atoms with Crippen LogP contribution in [0.1, 0.15) is 44.2 Å². The van der Waals surface area contributed by atoms with E-state index in [9.17, 15) is 4.79 Å². The lowest BCUT2D eigenvalue weighted by Gasteiger charge is -2.19. The van der Waals surface area contributed by atoms with Gasteiger partial charge in [0, 0.05) is 32.0 Å². The molecule has 0 aliphatic heterocycles. The van der Waals surface area contributed by atoms with Crippen LogP contribution in [0.25, 0.3) is 0 Å². The van der Waals surface area contributed by atoms with E-state index in [1.165, 1.54) is 0 Å². The van der Waals surface area contributed by atoms with E-state index < -0.39 is 0 Å². The molecule has 3 heteroatoms. The van der Waals surface area contributed by atoms with Crippen molar-refractivity contribution >= 4 is 5.91 Å². The zero-order valence-corrected chi connectivity index (χ0v) is 13.2. The molecule has 0 spiro atoms. The second-order valence-corrected chi connectivity index (χ2v) is 5.44. The molecule has 21 heavy (non-hydrogen) atoms. The van der Waals surface area contributed by atoms with Crippen molar-refractivity contribution in [2.24, 2.45) is 5.92 Å². The van der Waals surface area contributed by atoms with Gasteiger partial charge in [-0.25, -0.2) is 0 Å². The van der Waals surface area contributed by atoms with Gasteiger partial charge in [-0.15, -0.1) is 0 Å². The van der Waals surface area contributed by atoms with Crippen molar-refractivity contribution in [3.63, 3.8) is 0 Å². The number of hydrogen-bond acceptors (Lipinski definition) is 2. The van der Waals surface area contributed by atoms with Gasteiger partial charge in [0.1, 0.15) is 0 Å². The van der Waals surface area contributed by atoms with Gasteiger partial charge >= 0.3 is 0 Å². The minimum Gasteiger partial charge on any atom is -0.395 e. The Balaban J connectivity index is 2.64. The van der Waals surface area contributed by atoms with Crippen LogP contribution in [-0.4, -0.2) is 29.6 Å². The Morgan fingerprint density at radius 1 is 1.43 bits per heavy atom. The van der Waals surface area contributed by atoms with Gasteiger partial charge in [0.2, 0.25) is 5.91 Å². The van der Waals surface area contributed by atoms with Crippen LogP contribution in [0.15, 0.2) is 24.3 Å². The smallest absolute Gasteiger partial charge is 0.222 e. The third kappa shape index (κ3) is 6.46. The molecule has 0 aliphatic rings. The number of hydrogen-bond donors (Lipinski definition) is 1. The highest BCUT2D eigenvalue weighted by Crippen LogP contribution is 2.11. The van der Waals surface area contributed by atoms with E-state index in [4.69, 9.17) is 5.11 Å². The Bertz CT molecular complexity index is 513. The van der Waals surface area contributed by atoms with Gasteiger partial charge in [-0.3, -0.25) is 4.79 Å². The van der Waals surface area contributed by atoms with Gasteiger partial charge < -0.3 is 10.0 Å². The maximum absolute atomic E-state index is 12.1. The van der Waals surface area contributed by atoms with E-state index in [0.717, 1.165) is 17.5 Å². The molecule has 0 radical (unpaired) electrons. The first kappa shape index (κ1) is 17.3. The Morgan fingerprint density at radius 3 is 2.86 bits per heavy atom. The maximum Gasteiger partial charge on any atom is 0.222 e. The topological polar surface area (TPSA) is 40.5 Å². The summed E-state index contributed by atoms with van der Waals surface area (Å²) >= 11 is 0. The van der Waals surface area contributed by atoms with Crippen LogP contribution in [0.4, 0.5) is 0 Å². The van der Waals surface area contributed by atoms with Gasteiger partial charge in [0.05, 0.1) is 6.61 Å². The molecule has 3 nitrogen and oxygen atoms in total. The fourth-order valence-corrected chi connectivity index (χ4v) is 1.93. The largest absolute Gasteiger partial charge is 0.395 e. The van der Waals surface area contributed by atoms with Crippen LogP contribution in [0, 0.1) is 17.8 Å². The SMILES string of the molecule is CCC(C)CC(=O)N(C)Cc1cccc(C#CCCO)c1. The summed E-state index contributed by atoms with van der Waals surface area (Å²) in [5.74, 6) is 6.53. The second kappa shape index (κ2) is 9.20. The van der Waals surface area contributed by atoms with Crippen molar-refractivity contribution in [1.82, 2.24) is 4.90 Å². The van der Waals surface area contributed by atoms with Crippen LogP contribution in [0.2, 0.25) is 0 Å². The van der Waals surface area contributed by atoms with Crippen LogP contribution in [0.3, 0.4) is 0 Å². The Morgan fingerprint density at radius 2 is 2.19 bits per heavy atom. The van der Waals surface area contributed by atoms with E-state index in [-0.39, 0.29) is 12.5 Å². The molecule has 0 saturated heterocycles. The second-order valence-electron chi connectivity index (χ2n) is 5.44. The van der Waals surface area contributed by atoms with Gasteiger partial charge in [-0.2, -0.15) is 0 Å². The minimum absolute atomic E-state index is 0.0829. The van der Waals surface area contributed by atoms with Crippen molar-refractivity contribution in [2.75, 3.05) is 13.7 Å². The van der Waals surface area contributed by atoms with E-state index in [2.05, 4.69) is 25.7 Å². The van der Waals surface area contributed by atoms with Gasteiger partial charge in [0.25, 0.3) is 0 Å². The van der Waals surface area contributed by atoms with Crippen molar-refractivity contribution < 1.29 is 9.90 Å². The summed E-state index contributed by atoms with van der Waals surface area (Å²) in [7, 11) is 1.84. The Kier molecular flexibility index (Phi) is 7.56. The summed E-state index contributed by atoms with van der Waals surface area (Å²) in [4.78, 5) is 13.9. The highest BCUT2D eigenvalue weighted by molar-refractivity contribution is 5.76. The molecule has 114 valence electrons. The quantitative estimate of drug-likeness (QED) is 0.817. The Hall–Kier alpha value is -1.79. The van der Waals surface area contributed by atoms with Gasteiger partial charge in [-0.05, 0) is 23.6 Å². The average molecular weight is 287 g/mol. The molecule has 1 aromatic rings. The monoisotopic (exact) mass is 287 g/mol. The summed E-state index contributed by atoms with van der Waals surface area (Å²) in [5.41, 5.74) is 1.99. The summed E-state index contributed by atoms with van der Waals surface area (Å²) in [5, 5.41) is 8.72. The van der Waals surface area contributed by atoms with Crippen molar-refractivity contribution in [1.29, 1.82) is 0 Å². The first-order valence-electron chi connectivity index (χ1n) is 7.49. The molecule has 1 unspecified atom stereocenters. The Labute approximate surface area is 128 Å². The van der Waals surface area contributed by atoms with Gasteiger partial charge in [0.15, 0.2) is 0 Å². The van der Waals surface area contributed by atoms with Crippen LogP contribution >= 0.6 is 0 Å². The molecular formula is C18H25NO2. The number of carbonyl (C=O) groups excluding carboxylic acids is 1. The van der Waals surface area contributed by atoms with E-state index in [0.29, 0.717) is 25.3 Å². The van der Waals surface area contributed by atoms with E-state index >= 15 is 0 Å². The molecule has 0 aromatic heterocycles. The van der Waals surface area contributed by atoms with Crippen molar-refractivity contribution in [2.45, 2.75) is 39.7 Å². The first-order chi connectivity index (χ1) is 10.1. The molecule has 1 rings (SSSR count). The standard InChI is InChI=1S/C18H25NO2/c1-4-15(2)12-18(21)19(3)14-17-10-7-9-16(13-17)8-5-6-11-20/h7,9-10,13,15,20H,4,6,11-12,14H2,1-3H3. The van der Waals surface area contributed by atoms with Gasteiger partial charge in [-0.1, -0.05) is 44.2 Å². The maximum atomic E-state index is 12.1. The van der Waals surface area contributed by atoms with Crippen molar-refractivity contribution in [3.8, 4) is 11.8 Å². The molecule has 0 heterocycles. The molecule has 1 atom stereocenters. The average Bonchev–Trinajstić information content (AvgIpc) is 2.47. The summed E-state index contributed by atoms with van der Waals surface area (Å²) < 4.78 is 0. The lowest BCUT2D eigenvalue weighted by atomic mass is 10.0. The molecule has 1 N–H and O–H groups in total. The number of rotatable bonds is 6. The predicted molar refractivity (Wildman–Crippen MR) is 85.6 cm³/mol. The lowest BCUT2D eigenvalue weighted by Crippen LogP contribution is -2.27. The molecule has 0 bridgehead atoms. The molecule has 0 fully saturated rings. The highest BCUT2D eigenvalue weighted by atomic mass is 16.2. The third-order valence-corrected chi connectivity index (χ3v) is 3.46. The van der Waals surface area contributed by atoms with Crippen LogP contribution in [0.5, 0.6) is 0 Å². The summed E-state index contributed by atoms with van der Waals surface area (Å²) in [6.45, 7) is 4.89. The lowest BCUT2D eigenvalue weighted by molar-refractivity contribution is -0.131. The molecule has 0 saturated carbocycles. The zero-order chi connectivity index (χ0) is 15.7. The number of carbonyl (C=O) groups is 1. The first-order valence-corrected chi connectivity index (χ1v) is 7.49. The van der Waals surface area contributed by atoms with Crippen molar-refractivity contribution in [3.05, 3.63) is 35.4 Å². The summed E-state index contributed by atoms with van der Waals surface area (Å²) in [6, 6.07) is 7.89. The number of amides is 1. The van der Waals surface area contributed by atoms with Crippen LogP contribution < -0.4 is 0 Å². The number of aliphatic hydroxyl groups is 1. The number of aliphatic hydroxyl groups excluding tert-OH is 1. The van der Waals surface area contributed by atoms with E-state index in [1.54, 1.807) is 4.90 Å². The molecule has 1 amide bonds. The normalized spacial score (nSPS) is 11.4. The summed E-state index contributed by atoms with van der Waals surface area (Å²) in [6.07, 6.45) is 2.11. The fourth-order valence-electron chi connectivity index (χ4n) is 1.93. The molecule has 1 aromatic carbocycles. The van der Waals surface area contributed by atoms with E-state index in [1.807, 2.05) is 31.3 Å². The molecule has 0 aliphatic carbocycles. The number of benzene rings is 1. The highest BCUT2D eigenvalue weighted by Gasteiger charge is 2.12. The minimum atomic E-state index is 0.0829. The zero-order valence-electron chi connectivity index (χ0n) is 13.2. The predicted octanol–water partition coefficient (Wildman–Crippen LogP) is 2.82. The van der Waals surface area contributed by atoms with Crippen LogP contribution in [-0.2, 0) is 11.3 Å². The number of nitrogens with zero attached hydrogens (tertiary/aromatic N) is 1.